The molecule has 1 aromatic heterocycles. The molecule has 0 aromatic carbocycles. The Morgan fingerprint density at radius 2 is 2.10 bits per heavy atom. The standard InChI is InChI=1S/C13H23N3O3S/c1-10(2)8-16(12-5-3-4-6-12)20(18,19)13-11(9-17)7-14-15-13/h7,10,12,17H,3-6,8-9H2,1-2H3,(H,14,15). The van der Waals surface area contributed by atoms with Gasteiger partial charge in [0.15, 0.2) is 5.03 Å². The first-order valence-corrected chi connectivity index (χ1v) is 8.55. The van der Waals surface area contributed by atoms with E-state index in [1.54, 1.807) is 4.31 Å². The molecule has 0 atom stereocenters. The summed E-state index contributed by atoms with van der Waals surface area (Å²) in [5.74, 6) is 0.255. The van der Waals surface area contributed by atoms with Crippen LogP contribution >= 0.6 is 0 Å². The molecule has 2 N–H and O–H groups in total. The Morgan fingerprint density at radius 1 is 1.45 bits per heavy atom. The van der Waals surface area contributed by atoms with Crippen molar-refractivity contribution in [1.29, 1.82) is 0 Å². The van der Waals surface area contributed by atoms with Gasteiger partial charge in [0.05, 0.1) is 12.8 Å². The Kier molecular flexibility index (Phi) is 4.82. The van der Waals surface area contributed by atoms with E-state index in [1.165, 1.54) is 6.20 Å². The molecule has 1 aliphatic carbocycles. The molecule has 114 valence electrons. The van der Waals surface area contributed by atoms with Crippen LogP contribution < -0.4 is 0 Å². The summed E-state index contributed by atoms with van der Waals surface area (Å²) in [5, 5.41) is 15.6. The molecule has 0 amide bonds. The Balaban J connectivity index is 2.35. The van der Waals surface area contributed by atoms with E-state index in [4.69, 9.17) is 0 Å². The van der Waals surface area contributed by atoms with Crippen LogP contribution in [0, 0.1) is 5.92 Å². The third-order valence-corrected chi connectivity index (χ3v) is 5.63. The van der Waals surface area contributed by atoms with Crippen molar-refractivity contribution in [2.45, 2.75) is 57.2 Å². The minimum atomic E-state index is -3.62. The summed E-state index contributed by atoms with van der Waals surface area (Å²) in [6.45, 7) is 4.19. The number of hydrogen-bond acceptors (Lipinski definition) is 4. The summed E-state index contributed by atoms with van der Waals surface area (Å²) in [7, 11) is -3.62. The van der Waals surface area contributed by atoms with Gasteiger partial charge in [-0.1, -0.05) is 26.7 Å². The van der Waals surface area contributed by atoms with Gasteiger partial charge < -0.3 is 5.11 Å². The maximum atomic E-state index is 12.8. The van der Waals surface area contributed by atoms with Gasteiger partial charge in [0.2, 0.25) is 0 Å². The molecular formula is C13H23N3O3S. The second-order valence-electron chi connectivity index (χ2n) is 5.79. The average molecular weight is 301 g/mol. The number of H-pyrrole nitrogens is 1. The number of aromatic amines is 1. The predicted molar refractivity (Wildman–Crippen MR) is 75.5 cm³/mol. The lowest BCUT2D eigenvalue weighted by atomic mass is 10.2. The Bertz CT molecular complexity index is 533. The molecule has 0 radical (unpaired) electrons. The molecule has 0 bridgehead atoms. The number of hydrogen-bond donors (Lipinski definition) is 2. The number of nitrogens with one attached hydrogen (secondary N) is 1. The van der Waals surface area contributed by atoms with Gasteiger partial charge in [-0.2, -0.15) is 9.40 Å². The first-order valence-electron chi connectivity index (χ1n) is 7.11. The van der Waals surface area contributed by atoms with Gasteiger partial charge in [-0.3, -0.25) is 5.10 Å². The van der Waals surface area contributed by atoms with Gasteiger partial charge in [0.25, 0.3) is 10.0 Å². The zero-order valence-corrected chi connectivity index (χ0v) is 12.9. The lowest BCUT2D eigenvalue weighted by Gasteiger charge is -2.29. The second kappa shape index (κ2) is 6.24. The van der Waals surface area contributed by atoms with E-state index < -0.39 is 10.0 Å². The third-order valence-electron chi connectivity index (χ3n) is 3.69. The smallest absolute Gasteiger partial charge is 0.260 e. The molecule has 20 heavy (non-hydrogen) atoms. The van der Waals surface area contributed by atoms with E-state index in [-0.39, 0.29) is 23.6 Å². The molecule has 0 saturated heterocycles. The molecule has 1 heterocycles. The van der Waals surface area contributed by atoms with E-state index in [0.29, 0.717) is 12.1 Å². The van der Waals surface area contributed by atoms with Crippen LogP contribution in [0.4, 0.5) is 0 Å². The lowest BCUT2D eigenvalue weighted by molar-refractivity contribution is 0.274. The maximum absolute atomic E-state index is 12.8. The van der Waals surface area contributed by atoms with Crippen LogP contribution in [0.5, 0.6) is 0 Å². The van der Waals surface area contributed by atoms with Crippen LogP contribution in [-0.4, -0.2) is 40.6 Å². The van der Waals surface area contributed by atoms with Gasteiger partial charge in [-0.15, -0.1) is 0 Å². The molecule has 1 fully saturated rings. The first-order chi connectivity index (χ1) is 9.46. The summed E-state index contributed by atoms with van der Waals surface area (Å²) in [6.07, 6.45) is 5.34. The first kappa shape index (κ1) is 15.5. The monoisotopic (exact) mass is 301 g/mol. The quantitative estimate of drug-likeness (QED) is 0.833. The van der Waals surface area contributed by atoms with Gasteiger partial charge in [-0.05, 0) is 18.8 Å². The fourth-order valence-electron chi connectivity index (χ4n) is 2.75. The van der Waals surface area contributed by atoms with Crippen molar-refractivity contribution in [2.75, 3.05) is 6.54 Å². The molecule has 1 aromatic rings. The van der Waals surface area contributed by atoms with E-state index in [0.717, 1.165) is 25.7 Å². The topological polar surface area (TPSA) is 86.3 Å². The molecule has 1 saturated carbocycles. The van der Waals surface area contributed by atoms with E-state index >= 15 is 0 Å². The van der Waals surface area contributed by atoms with E-state index in [1.807, 2.05) is 13.8 Å². The minimum absolute atomic E-state index is 0.0348. The number of rotatable bonds is 6. The largest absolute Gasteiger partial charge is 0.392 e. The molecule has 0 spiro atoms. The highest BCUT2D eigenvalue weighted by Crippen LogP contribution is 2.29. The van der Waals surface area contributed by atoms with Crippen molar-refractivity contribution in [1.82, 2.24) is 14.5 Å². The van der Waals surface area contributed by atoms with E-state index in [2.05, 4.69) is 10.2 Å². The van der Waals surface area contributed by atoms with Crippen LogP contribution in [0.3, 0.4) is 0 Å². The highest BCUT2D eigenvalue weighted by Gasteiger charge is 2.35. The number of aliphatic hydroxyl groups is 1. The van der Waals surface area contributed by atoms with Crippen molar-refractivity contribution in [3.8, 4) is 0 Å². The van der Waals surface area contributed by atoms with Crippen molar-refractivity contribution < 1.29 is 13.5 Å². The third kappa shape index (κ3) is 3.05. The Hall–Kier alpha value is -0.920. The second-order valence-corrected chi connectivity index (χ2v) is 7.62. The molecule has 6 nitrogen and oxygen atoms in total. The lowest BCUT2D eigenvalue weighted by Crippen LogP contribution is -2.41. The van der Waals surface area contributed by atoms with Crippen LogP contribution in [0.15, 0.2) is 11.2 Å². The summed E-state index contributed by atoms with van der Waals surface area (Å²) >= 11 is 0. The zero-order valence-electron chi connectivity index (χ0n) is 12.0. The molecule has 0 aliphatic heterocycles. The van der Waals surface area contributed by atoms with Crippen molar-refractivity contribution >= 4 is 10.0 Å². The average Bonchev–Trinajstić information content (AvgIpc) is 3.06. The summed E-state index contributed by atoms with van der Waals surface area (Å²) in [4.78, 5) is 0. The van der Waals surface area contributed by atoms with Crippen molar-refractivity contribution in [3.05, 3.63) is 11.8 Å². The van der Waals surface area contributed by atoms with Gasteiger partial charge in [0, 0.05) is 18.2 Å². The SMILES string of the molecule is CC(C)CN(C1CCCC1)S(=O)(=O)c1[nH]ncc1CO. The van der Waals surface area contributed by atoms with Crippen LogP contribution in [-0.2, 0) is 16.6 Å². The summed E-state index contributed by atoms with van der Waals surface area (Å²) < 4.78 is 27.3. The fourth-order valence-corrected chi connectivity index (χ4v) is 4.70. The molecule has 1 aliphatic rings. The molecule has 0 unspecified atom stereocenters. The Morgan fingerprint density at radius 3 is 2.65 bits per heavy atom. The zero-order chi connectivity index (χ0) is 14.8. The van der Waals surface area contributed by atoms with Gasteiger partial charge in [0.1, 0.15) is 0 Å². The van der Waals surface area contributed by atoms with Gasteiger partial charge in [-0.25, -0.2) is 8.42 Å². The highest BCUT2D eigenvalue weighted by atomic mass is 32.2. The number of sulfonamides is 1. The van der Waals surface area contributed by atoms with Crippen LogP contribution in [0.2, 0.25) is 0 Å². The van der Waals surface area contributed by atoms with Gasteiger partial charge >= 0.3 is 0 Å². The number of aromatic nitrogens is 2. The van der Waals surface area contributed by atoms with Crippen molar-refractivity contribution in [2.24, 2.45) is 5.92 Å². The summed E-state index contributed by atoms with van der Waals surface area (Å²) in [6, 6.07) is 0.0669. The predicted octanol–water partition coefficient (Wildman–Crippen LogP) is 1.49. The molecular weight excluding hydrogens is 278 g/mol. The maximum Gasteiger partial charge on any atom is 0.260 e. The Labute approximate surface area is 120 Å². The number of aliphatic hydroxyl groups excluding tert-OH is 1. The fraction of sp³-hybridized carbons (Fsp3) is 0.769. The molecule has 7 heteroatoms. The number of nitrogens with zero attached hydrogens (tertiary/aromatic N) is 2. The normalized spacial score (nSPS) is 17.4. The summed E-state index contributed by atoms with van der Waals surface area (Å²) in [5.41, 5.74) is 0.330. The molecule has 2 rings (SSSR count). The minimum Gasteiger partial charge on any atom is -0.392 e. The van der Waals surface area contributed by atoms with E-state index in [9.17, 15) is 13.5 Å². The van der Waals surface area contributed by atoms with Crippen molar-refractivity contribution in [3.63, 3.8) is 0 Å². The highest BCUT2D eigenvalue weighted by molar-refractivity contribution is 7.89. The van der Waals surface area contributed by atoms with Crippen LogP contribution in [0.1, 0.15) is 45.1 Å². The van der Waals surface area contributed by atoms with Crippen LogP contribution in [0.25, 0.3) is 0 Å².